The van der Waals surface area contributed by atoms with Crippen LogP contribution in [-0.4, -0.2) is 63.0 Å². The van der Waals surface area contributed by atoms with Gasteiger partial charge in [0.05, 0.1) is 18.8 Å². The first-order valence-electron chi connectivity index (χ1n) is 7.78. The first-order chi connectivity index (χ1) is 9.79. The minimum atomic E-state index is 0.156. The number of nitrogens with zero attached hydrogens (tertiary/aromatic N) is 1. The maximum atomic E-state index is 12.7. The zero-order valence-corrected chi connectivity index (χ0v) is 12.3. The van der Waals surface area contributed by atoms with Crippen LogP contribution < -0.4 is 0 Å². The van der Waals surface area contributed by atoms with E-state index in [4.69, 9.17) is 14.2 Å². The number of ether oxygens (including phenoxy) is 3. The number of carbonyl (C=O) groups excluding carboxylic acids is 1. The molecule has 3 atom stereocenters. The summed E-state index contributed by atoms with van der Waals surface area (Å²) in [6, 6.07) is 0.263. The Kier molecular flexibility index (Phi) is 4.58. The molecule has 1 amide bonds. The van der Waals surface area contributed by atoms with Gasteiger partial charge in [0.2, 0.25) is 5.91 Å². The molecule has 0 radical (unpaired) electrons. The van der Waals surface area contributed by atoms with E-state index in [9.17, 15) is 4.79 Å². The van der Waals surface area contributed by atoms with Gasteiger partial charge in [-0.3, -0.25) is 4.79 Å². The molecule has 3 fully saturated rings. The molecule has 1 saturated carbocycles. The van der Waals surface area contributed by atoms with Crippen LogP contribution in [-0.2, 0) is 19.0 Å². The molecule has 5 nitrogen and oxygen atoms in total. The standard InChI is InChI=1S/C15H25NO4/c1-18-10-11-8-13-14(9-11)20-7-4-16(13)15(17)12-2-5-19-6-3-12/h11-14H,2-10H2,1H3/t11-,13-,14+/m0/s1. The molecule has 5 heteroatoms. The van der Waals surface area contributed by atoms with Gasteiger partial charge >= 0.3 is 0 Å². The van der Waals surface area contributed by atoms with Gasteiger partial charge in [0.1, 0.15) is 0 Å². The van der Waals surface area contributed by atoms with E-state index in [2.05, 4.69) is 4.90 Å². The van der Waals surface area contributed by atoms with Crippen LogP contribution >= 0.6 is 0 Å². The second kappa shape index (κ2) is 6.41. The first kappa shape index (κ1) is 14.3. The second-order valence-electron chi connectivity index (χ2n) is 6.19. The second-order valence-corrected chi connectivity index (χ2v) is 6.19. The van der Waals surface area contributed by atoms with Gasteiger partial charge in [-0.25, -0.2) is 0 Å². The van der Waals surface area contributed by atoms with E-state index in [-0.39, 0.29) is 18.1 Å². The Bertz CT molecular complexity index is 343. The fourth-order valence-corrected chi connectivity index (χ4v) is 3.87. The summed E-state index contributed by atoms with van der Waals surface area (Å²) in [6.07, 6.45) is 4.00. The van der Waals surface area contributed by atoms with E-state index in [1.54, 1.807) is 7.11 Å². The summed E-state index contributed by atoms with van der Waals surface area (Å²) in [5.74, 6) is 1.01. The SMILES string of the molecule is COC[C@@H]1C[C@H]2OCCN(C(=O)C3CCOCC3)[C@H]2C1. The summed E-state index contributed by atoms with van der Waals surface area (Å²) in [5.41, 5.74) is 0. The van der Waals surface area contributed by atoms with Crippen molar-refractivity contribution < 1.29 is 19.0 Å². The summed E-state index contributed by atoms with van der Waals surface area (Å²) < 4.78 is 16.5. The van der Waals surface area contributed by atoms with E-state index in [1.807, 2.05) is 0 Å². The number of fused-ring (bicyclic) bond motifs is 1. The highest BCUT2D eigenvalue weighted by Crippen LogP contribution is 2.35. The maximum Gasteiger partial charge on any atom is 0.226 e. The monoisotopic (exact) mass is 283 g/mol. The lowest BCUT2D eigenvalue weighted by Crippen LogP contribution is -2.53. The summed E-state index contributed by atoms with van der Waals surface area (Å²) >= 11 is 0. The van der Waals surface area contributed by atoms with Gasteiger partial charge in [0.25, 0.3) is 0 Å². The van der Waals surface area contributed by atoms with Crippen LogP contribution in [0.3, 0.4) is 0 Å². The molecule has 2 saturated heterocycles. The predicted molar refractivity (Wildman–Crippen MR) is 73.4 cm³/mol. The minimum Gasteiger partial charge on any atom is -0.384 e. The predicted octanol–water partition coefficient (Wildman–Crippen LogP) is 1.07. The number of hydrogen-bond donors (Lipinski definition) is 0. The third-order valence-corrected chi connectivity index (χ3v) is 4.89. The molecule has 2 heterocycles. The zero-order valence-electron chi connectivity index (χ0n) is 12.3. The summed E-state index contributed by atoms with van der Waals surface area (Å²) in [6.45, 7) is 3.64. The van der Waals surface area contributed by atoms with Crippen LogP contribution in [0, 0.1) is 11.8 Å². The van der Waals surface area contributed by atoms with E-state index >= 15 is 0 Å². The van der Waals surface area contributed by atoms with Crippen molar-refractivity contribution in [1.82, 2.24) is 4.90 Å². The fourth-order valence-electron chi connectivity index (χ4n) is 3.87. The highest BCUT2D eigenvalue weighted by atomic mass is 16.5. The summed E-state index contributed by atoms with van der Waals surface area (Å²) in [7, 11) is 1.74. The number of amides is 1. The van der Waals surface area contributed by atoms with Gasteiger partial charge < -0.3 is 19.1 Å². The summed E-state index contributed by atoms with van der Waals surface area (Å²) in [5, 5.41) is 0. The molecule has 20 heavy (non-hydrogen) atoms. The molecule has 3 rings (SSSR count). The largest absolute Gasteiger partial charge is 0.384 e. The van der Waals surface area contributed by atoms with Crippen molar-refractivity contribution in [3.63, 3.8) is 0 Å². The van der Waals surface area contributed by atoms with E-state index < -0.39 is 0 Å². The molecule has 0 aromatic heterocycles. The molecule has 1 aliphatic carbocycles. The van der Waals surface area contributed by atoms with E-state index in [0.717, 1.165) is 52.0 Å². The quantitative estimate of drug-likeness (QED) is 0.777. The molecule has 0 N–H and O–H groups in total. The third-order valence-electron chi connectivity index (χ3n) is 4.89. The molecule has 3 aliphatic rings. The molecule has 0 aromatic carbocycles. The van der Waals surface area contributed by atoms with Crippen molar-refractivity contribution in [2.45, 2.75) is 37.8 Å². The van der Waals surface area contributed by atoms with Gasteiger partial charge in [-0.05, 0) is 31.6 Å². The highest BCUT2D eigenvalue weighted by Gasteiger charge is 2.44. The van der Waals surface area contributed by atoms with Crippen LogP contribution in [0.5, 0.6) is 0 Å². The fraction of sp³-hybridized carbons (Fsp3) is 0.933. The minimum absolute atomic E-state index is 0.156. The van der Waals surface area contributed by atoms with Gasteiger partial charge in [-0.2, -0.15) is 0 Å². The Balaban J connectivity index is 1.64. The maximum absolute atomic E-state index is 12.7. The topological polar surface area (TPSA) is 48.0 Å². The van der Waals surface area contributed by atoms with Gasteiger partial charge in [-0.1, -0.05) is 0 Å². The number of morpholine rings is 1. The Morgan fingerprint density at radius 2 is 2.05 bits per heavy atom. The molecular formula is C15H25NO4. The number of carbonyl (C=O) groups is 1. The van der Waals surface area contributed by atoms with Crippen LogP contribution in [0.4, 0.5) is 0 Å². The van der Waals surface area contributed by atoms with Crippen LogP contribution in [0.25, 0.3) is 0 Å². The van der Waals surface area contributed by atoms with Crippen LogP contribution in [0.15, 0.2) is 0 Å². The summed E-state index contributed by atoms with van der Waals surface area (Å²) in [4.78, 5) is 14.8. The number of hydrogen-bond acceptors (Lipinski definition) is 4. The normalized spacial score (nSPS) is 35.0. The van der Waals surface area contributed by atoms with Crippen LogP contribution in [0.1, 0.15) is 25.7 Å². The molecular weight excluding hydrogens is 258 g/mol. The highest BCUT2D eigenvalue weighted by molar-refractivity contribution is 5.79. The molecule has 0 aromatic rings. The van der Waals surface area contributed by atoms with Gasteiger partial charge in [0, 0.05) is 39.4 Å². The molecule has 0 spiro atoms. The molecule has 114 valence electrons. The van der Waals surface area contributed by atoms with Crippen molar-refractivity contribution in [3.8, 4) is 0 Å². The molecule has 0 unspecified atom stereocenters. The van der Waals surface area contributed by atoms with Crippen molar-refractivity contribution in [2.24, 2.45) is 11.8 Å². The van der Waals surface area contributed by atoms with Crippen molar-refractivity contribution in [2.75, 3.05) is 40.1 Å². The van der Waals surface area contributed by atoms with Crippen molar-refractivity contribution >= 4 is 5.91 Å². The Hall–Kier alpha value is -0.650. The molecule has 2 aliphatic heterocycles. The Morgan fingerprint density at radius 1 is 1.25 bits per heavy atom. The van der Waals surface area contributed by atoms with Gasteiger partial charge in [-0.15, -0.1) is 0 Å². The number of methoxy groups -OCH3 is 1. The van der Waals surface area contributed by atoms with Crippen molar-refractivity contribution in [3.05, 3.63) is 0 Å². The Morgan fingerprint density at radius 3 is 2.80 bits per heavy atom. The lowest BCUT2D eigenvalue weighted by atomic mass is 9.96. The smallest absolute Gasteiger partial charge is 0.226 e. The van der Waals surface area contributed by atoms with E-state index in [1.165, 1.54) is 0 Å². The lowest BCUT2D eigenvalue weighted by Gasteiger charge is -2.40. The lowest BCUT2D eigenvalue weighted by molar-refractivity contribution is -0.151. The van der Waals surface area contributed by atoms with Gasteiger partial charge in [0.15, 0.2) is 0 Å². The zero-order chi connectivity index (χ0) is 13.9. The molecule has 0 bridgehead atoms. The number of rotatable bonds is 3. The van der Waals surface area contributed by atoms with E-state index in [0.29, 0.717) is 18.4 Å². The average Bonchev–Trinajstić information content (AvgIpc) is 2.90. The van der Waals surface area contributed by atoms with Crippen molar-refractivity contribution in [1.29, 1.82) is 0 Å². The first-order valence-corrected chi connectivity index (χ1v) is 7.78. The average molecular weight is 283 g/mol. The Labute approximate surface area is 120 Å². The third kappa shape index (κ3) is 2.85. The van der Waals surface area contributed by atoms with Crippen LogP contribution in [0.2, 0.25) is 0 Å².